The minimum atomic E-state index is -0.878. The molecule has 1 unspecified atom stereocenters. The molecule has 2 atom stereocenters. The summed E-state index contributed by atoms with van der Waals surface area (Å²) in [5, 5.41) is 2.27. The van der Waals surface area contributed by atoms with Gasteiger partial charge < -0.3 is 41.6 Å². The van der Waals surface area contributed by atoms with E-state index < -0.39 is 12.1 Å². The van der Waals surface area contributed by atoms with Gasteiger partial charge in [-0.05, 0) is 36.8 Å². The molecular formula is C27H33ClN2O6. The number of amides is 1. The number of ether oxygens (including phenoxy) is 4. The Morgan fingerprint density at radius 1 is 1.14 bits per heavy atom. The highest BCUT2D eigenvalue weighted by molar-refractivity contribution is 5.77. The SMILES string of the molecule is C=CCOC(=O)N1CC[C@H](Oc2ccc(C(Oc3ccc4c(c3)C[NH2+]CC4)C(=O)OCC)cc2)C1.[Cl-]. The van der Waals surface area contributed by atoms with Gasteiger partial charge >= 0.3 is 12.1 Å². The fourth-order valence-electron chi connectivity index (χ4n) is 4.36. The molecule has 4 rings (SSSR count). The second-order valence-electron chi connectivity index (χ2n) is 8.62. The van der Waals surface area contributed by atoms with Crippen LogP contribution in [-0.2, 0) is 27.2 Å². The quantitative estimate of drug-likeness (QED) is 0.366. The summed E-state index contributed by atoms with van der Waals surface area (Å²) in [6, 6.07) is 13.3. The van der Waals surface area contributed by atoms with E-state index in [2.05, 4.69) is 18.0 Å². The fourth-order valence-corrected chi connectivity index (χ4v) is 4.36. The highest BCUT2D eigenvalue weighted by Gasteiger charge is 2.29. The number of hydrogen-bond acceptors (Lipinski definition) is 6. The molecule has 0 bridgehead atoms. The van der Waals surface area contributed by atoms with Crippen molar-refractivity contribution in [3.63, 3.8) is 0 Å². The van der Waals surface area contributed by atoms with Crippen LogP contribution in [-0.4, -0.2) is 55.9 Å². The molecule has 1 amide bonds. The highest BCUT2D eigenvalue weighted by Crippen LogP contribution is 2.28. The Bertz CT molecular complexity index is 1050. The van der Waals surface area contributed by atoms with Crippen molar-refractivity contribution < 1.29 is 46.3 Å². The van der Waals surface area contributed by atoms with Gasteiger partial charge in [0.2, 0.25) is 6.10 Å². The Morgan fingerprint density at radius 3 is 2.67 bits per heavy atom. The second-order valence-corrected chi connectivity index (χ2v) is 8.62. The first-order valence-corrected chi connectivity index (χ1v) is 12.1. The zero-order valence-electron chi connectivity index (χ0n) is 20.5. The van der Waals surface area contributed by atoms with Gasteiger partial charge in [0.05, 0.1) is 19.7 Å². The number of fused-ring (bicyclic) bond motifs is 1. The maximum absolute atomic E-state index is 12.7. The molecule has 0 radical (unpaired) electrons. The van der Waals surface area contributed by atoms with E-state index in [0.717, 1.165) is 25.9 Å². The summed E-state index contributed by atoms with van der Waals surface area (Å²) < 4.78 is 22.6. The molecule has 0 spiro atoms. The third-order valence-electron chi connectivity index (χ3n) is 6.13. The van der Waals surface area contributed by atoms with E-state index in [0.29, 0.717) is 30.2 Å². The number of nitrogens with two attached hydrogens (primary N) is 1. The van der Waals surface area contributed by atoms with Crippen LogP contribution in [0, 0.1) is 0 Å². The number of carbonyl (C=O) groups is 2. The van der Waals surface area contributed by atoms with Crippen LogP contribution in [0.1, 0.15) is 36.1 Å². The standard InChI is InChI=1S/C27H32N2O6.ClH/c1-3-15-33-27(31)29-14-12-24(18-29)34-22-8-6-20(7-9-22)25(26(30)32-4-2)35-23-10-5-19-11-13-28-17-21(19)16-23;/h3,5-10,16,24-25,28H,1,4,11-15,17-18H2,2H3;1H/t24-,25?;/m0./s1. The molecule has 2 aliphatic rings. The largest absolute Gasteiger partial charge is 1.00 e. The topological polar surface area (TPSA) is 90.9 Å². The minimum Gasteiger partial charge on any atom is -1.00 e. The molecule has 8 nitrogen and oxygen atoms in total. The zero-order valence-corrected chi connectivity index (χ0v) is 21.2. The molecule has 9 heteroatoms. The van der Waals surface area contributed by atoms with Gasteiger partial charge in [-0.2, -0.15) is 0 Å². The molecule has 2 N–H and O–H groups in total. The maximum atomic E-state index is 12.7. The maximum Gasteiger partial charge on any atom is 0.410 e. The van der Waals surface area contributed by atoms with E-state index >= 15 is 0 Å². The predicted octanol–water partition coefficient (Wildman–Crippen LogP) is -0.231. The molecule has 0 aliphatic carbocycles. The van der Waals surface area contributed by atoms with Crippen LogP contribution in [0.3, 0.4) is 0 Å². The van der Waals surface area contributed by atoms with E-state index in [4.69, 9.17) is 18.9 Å². The number of benzene rings is 2. The van der Waals surface area contributed by atoms with Crippen LogP contribution in [0.25, 0.3) is 0 Å². The predicted molar refractivity (Wildman–Crippen MR) is 129 cm³/mol. The molecule has 194 valence electrons. The van der Waals surface area contributed by atoms with E-state index in [1.54, 1.807) is 17.9 Å². The lowest BCUT2D eigenvalue weighted by atomic mass is 10.0. The number of nitrogens with zero attached hydrogens (tertiary/aromatic N) is 1. The summed E-state index contributed by atoms with van der Waals surface area (Å²) in [6.45, 7) is 8.83. The van der Waals surface area contributed by atoms with Gasteiger partial charge in [0.25, 0.3) is 0 Å². The molecule has 2 aliphatic heterocycles. The fraction of sp³-hybridized carbons (Fsp3) is 0.407. The van der Waals surface area contributed by atoms with Crippen molar-refractivity contribution >= 4 is 12.1 Å². The lowest BCUT2D eigenvalue weighted by Crippen LogP contribution is -3.00. The van der Waals surface area contributed by atoms with Crippen molar-refractivity contribution in [2.75, 3.05) is 32.8 Å². The number of likely N-dealkylation sites (tertiary alicyclic amines) is 1. The third-order valence-corrected chi connectivity index (χ3v) is 6.13. The lowest BCUT2D eigenvalue weighted by Gasteiger charge is -2.21. The number of hydrogen-bond donors (Lipinski definition) is 1. The third kappa shape index (κ3) is 6.92. The van der Waals surface area contributed by atoms with Crippen LogP contribution < -0.4 is 27.2 Å². The summed E-state index contributed by atoms with van der Waals surface area (Å²) in [7, 11) is 0. The van der Waals surface area contributed by atoms with Crippen LogP contribution in [0.5, 0.6) is 11.5 Å². The Labute approximate surface area is 218 Å². The summed E-state index contributed by atoms with van der Waals surface area (Å²) in [5.74, 6) is 0.869. The van der Waals surface area contributed by atoms with Crippen molar-refractivity contribution in [3.8, 4) is 11.5 Å². The molecule has 1 saturated heterocycles. The van der Waals surface area contributed by atoms with Crippen molar-refractivity contribution in [1.82, 2.24) is 4.90 Å². The molecule has 36 heavy (non-hydrogen) atoms. The zero-order chi connectivity index (χ0) is 24.6. The van der Waals surface area contributed by atoms with E-state index in [9.17, 15) is 9.59 Å². The summed E-state index contributed by atoms with van der Waals surface area (Å²) >= 11 is 0. The first kappa shape index (κ1) is 27.4. The van der Waals surface area contributed by atoms with Gasteiger partial charge in [-0.3, -0.25) is 0 Å². The number of esters is 1. The number of quaternary nitrogens is 1. The van der Waals surface area contributed by atoms with Crippen molar-refractivity contribution in [2.24, 2.45) is 0 Å². The summed E-state index contributed by atoms with van der Waals surface area (Å²) in [6.07, 6.45) is 1.93. The molecular weight excluding hydrogens is 484 g/mol. The summed E-state index contributed by atoms with van der Waals surface area (Å²) in [5.41, 5.74) is 3.24. The smallest absolute Gasteiger partial charge is 0.410 e. The van der Waals surface area contributed by atoms with Crippen LogP contribution in [0.2, 0.25) is 0 Å². The van der Waals surface area contributed by atoms with Crippen molar-refractivity contribution in [2.45, 2.75) is 38.5 Å². The number of carbonyl (C=O) groups excluding carboxylic acids is 2. The Kier molecular flexibility index (Phi) is 10.0. The first-order valence-electron chi connectivity index (χ1n) is 12.1. The van der Waals surface area contributed by atoms with Gasteiger partial charge in [-0.1, -0.05) is 30.9 Å². The normalized spacial score (nSPS) is 17.2. The van der Waals surface area contributed by atoms with Crippen LogP contribution in [0.15, 0.2) is 55.1 Å². The molecule has 2 aromatic rings. The van der Waals surface area contributed by atoms with Gasteiger partial charge in [-0.25, -0.2) is 9.59 Å². The van der Waals surface area contributed by atoms with E-state index in [1.165, 1.54) is 11.1 Å². The minimum absolute atomic E-state index is 0. The first-order chi connectivity index (χ1) is 17.1. The van der Waals surface area contributed by atoms with Crippen molar-refractivity contribution in [3.05, 3.63) is 71.8 Å². The van der Waals surface area contributed by atoms with Gasteiger partial charge in [-0.15, -0.1) is 0 Å². The van der Waals surface area contributed by atoms with E-state index in [-0.39, 0.29) is 37.8 Å². The number of rotatable bonds is 9. The van der Waals surface area contributed by atoms with Crippen LogP contribution >= 0.6 is 0 Å². The molecule has 1 fully saturated rings. The highest BCUT2D eigenvalue weighted by atomic mass is 35.5. The molecule has 0 saturated carbocycles. The lowest BCUT2D eigenvalue weighted by molar-refractivity contribution is -0.673. The average molecular weight is 517 g/mol. The Balaban J connectivity index is 0.00000361. The second kappa shape index (κ2) is 13.2. The average Bonchev–Trinajstić information content (AvgIpc) is 3.35. The Hall–Kier alpha value is -3.23. The number of halogens is 1. The van der Waals surface area contributed by atoms with Gasteiger partial charge in [0.1, 0.15) is 30.8 Å². The van der Waals surface area contributed by atoms with Crippen LogP contribution in [0.4, 0.5) is 4.79 Å². The van der Waals surface area contributed by atoms with E-state index in [1.807, 2.05) is 36.4 Å². The summed E-state index contributed by atoms with van der Waals surface area (Å²) in [4.78, 5) is 26.4. The van der Waals surface area contributed by atoms with Gasteiger partial charge in [0.15, 0.2) is 0 Å². The van der Waals surface area contributed by atoms with Gasteiger partial charge in [0, 0.05) is 30.5 Å². The molecule has 2 aromatic carbocycles. The molecule has 0 aromatic heterocycles. The van der Waals surface area contributed by atoms with Crippen molar-refractivity contribution in [1.29, 1.82) is 0 Å². The Morgan fingerprint density at radius 2 is 1.92 bits per heavy atom. The monoisotopic (exact) mass is 516 g/mol. The molecule has 2 heterocycles.